The Labute approximate surface area is 251 Å². The van der Waals surface area contributed by atoms with Gasteiger partial charge in [0.25, 0.3) is 5.91 Å². The zero-order valence-electron chi connectivity index (χ0n) is 25.1. The molecule has 0 bridgehead atoms. The van der Waals surface area contributed by atoms with Gasteiger partial charge in [0.05, 0.1) is 24.0 Å². The van der Waals surface area contributed by atoms with Gasteiger partial charge in [-0.05, 0) is 51.8 Å². The zero-order chi connectivity index (χ0) is 30.6. The molecule has 0 saturated carbocycles. The van der Waals surface area contributed by atoms with E-state index in [9.17, 15) is 14.4 Å². The van der Waals surface area contributed by atoms with Crippen molar-refractivity contribution in [3.63, 3.8) is 0 Å². The molecule has 0 unspecified atom stereocenters. The first-order valence-corrected chi connectivity index (χ1v) is 14.6. The Kier molecular flexibility index (Phi) is 8.76. The number of rotatable bonds is 8. The molecule has 5 rings (SSSR count). The number of carbonyl (C=O) groups is 3. The van der Waals surface area contributed by atoms with E-state index in [4.69, 9.17) is 14.5 Å². The molecule has 8 nitrogen and oxygen atoms in total. The Morgan fingerprint density at radius 1 is 0.907 bits per heavy atom. The van der Waals surface area contributed by atoms with E-state index in [1.807, 2.05) is 106 Å². The van der Waals surface area contributed by atoms with Crippen LogP contribution in [-0.4, -0.2) is 53.5 Å². The van der Waals surface area contributed by atoms with Gasteiger partial charge in [-0.1, -0.05) is 66.7 Å². The van der Waals surface area contributed by atoms with Crippen LogP contribution >= 0.6 is 0 Å². The van der Waals surface area contributed by atoms with E-state index in [0.29, 0.717) is 36.3 Å². The standard InChI is InChI=1S/C35H37N3O5/c1-35(2,3)43-34(41)38-26(22-25-16-8-10-18-29(25)38)23-28-33(40)37(21-13-12-20-31(39)42-4)30-19-11-9-17-27(30)32(36-28)24-14-6-5-7-15-24/h5-11,14-19,22,28H,12-13,20-21,23H2,1-4H3/t28-/m0/s1. The Morgan fingerprint density at radius 2 is 1.60 bits per heavy atom. The summed E-state index contributed by atoms with van der Waals surface area (Å²) in [5, 5.41) is 0.875. The van der Waals surface area contributed by atoms with Crippen molar-refractivity contribution in [3.8, 4) is 0 Å². The lowest BCUT2D eigenvalue weighted by atomic mass is 10.00. The average Bonchev–Trinajstić information content (AvgIpc) is 3.31. The molecule has 0 aliphatic carbocycles. The second kappa shape index (κ2) is 12.7. The summed E-state index contributed by atoms with van der Waals surface area (Å²) in [5.41, 5.74) is 3.89. The number of benzodiazepines with no additional fused rings is 1. The van der Waals surface area contributed by atoms with Crippen LogP contribution in [0.25, 0.3) is 10.9 Å². The molecular weight excluding hydrogens is 542 g/mol. The molecule has 3 aromatic carbocycles. The molecule has 1 amide bonds. The number of aromatic nitrogens is 1. The number of esters is 1. The van der Waals surface area contributed by atoms with E-state index in [1.165, 1.54) is 7.11 Å². The Morgan fingerprint density at radius 3 is 2.35 bits per heavy atom. The fourth-order valence-corrected chi connectivity index (χ4v) is 5.40. The third kappa shape index (κ3) is 6.69. The predicted octanol–water partition coefficient (Wildman–Crippen LogP) is 6.56. The van der Waals surface area contributed by atoms with E-state index >= 15 is 0 Å². The van der Waals surface area contributed by atoms with Crippen LogP contribution in [0.3, 0.4) is 0 Å². The van der Waals surface area contributed by atoms with Gasteiger partial charge in [-0.2, -0.15) is 0 Å². The smallest absolute Gasteiger partial charge is 0.419 e. The summed E-state index contributed by atoms with van der Waals surface area (Å²) in [7, 11) is 1.38. The number of anilines is 1. The van der Waals surface area contributed by atoms with Crippen molar-refractivity contribution < 1.29 is 23.9 Å². The fourth-order valence-electron chi connectivity index (χ4n) is 5.40. The fraction of sp³-hybridized carbons (Fsp3) is 0.314. The lowest BCUT2D eigenvalue weighted by Gasteiger charge is -2.26. The van der Waals surface area contributed by atoms with E-state index in [2.05, 4.69) is 0 Å². The van der Waals surface area contributed by atoms with Gasteiger partial charge in [0.1, 0.15) is 11.6 Å². The van der Waals surface area contributed by atoms with Crippen molar-refractivity contribution in [2.45, 2.75) is 58.1 Å². The average molecular weight is 580 g/mol. The zero-order valence-corrected chi connectivity index (χ0v) is 25.1. The van der Waals surface area contributed by atoms with Gasteiger partial charge in [0.2, 0.25) is 0 Å². The van der Waals surface area contributed by atoms with E-state index in [1.54, 1.807) is 9.47 Å². The molecule has 0 fully saturated rings. The van der Waals surface area contributed by atoms with Crippen molar-refractivity contribution in [2.24, 2.45) is 4.99 Å². The predicted molar refractivity (Wildman–Crippen MR) is 168 cm³/mol. The van der Waals surface area contributed by atoms with Crippen molar-refractivity contribution in [1.29, 1.82) is 0 Å². The molecular formula is C35H37N3O5. The van der Waals surface area contributed by atoms with Crippen molar-refractivity contribution in [2.75, 3.05) is 18.6 Å². The summed E-state index contributed by atoms with van der Waals surface area (Å²) < 4.78 is 12.1. The lowest BCUT2D eigenvalue weighted by Crippen LogP contribution is -2.40. The number of amides is 1. The first-order chi connectivity index (χ1) is 20.7. The van der Waals surface area contributed by atoms with Crippen molar-refractivity contribution in [3.05, 3.63) is 102 Å². The highest BCUT2D eigenvalue weighted by molar-refractivity contribution is 6.20. The number of benzene rings is 3. The third-order valence-corrected chi connectivity index (χ3v) is 7.34. The highest BCUT2D eigenvalue weighted by Gasteiger charge is 2.33. The second-order valence-electron chi connectivity index (χ2n) is 11.6. The van der Waals surface area contributed by atoms with Crippen molar-refractivity contribution in [1.82, 2.24) is 4.57 Å². The maximum Gasteiger partial charge on any atom is 0.419 e. The van der Waals surface area contributed by atoms with Gasteiger partial charge >= 0.3 is 12.1 Å². The SMILES string of the molecule is COC(=O)CCCCN1C(=O)[C@H](Cc2cc3ccccc3n2C(=O)OC(C)(C)C)N=C(c2ccccc2)c2ccccc21. The summed E-state index contributed by atoms with van der Waals surface area (Å²) in [4.78, 5) is 46.5. The molecule has 1 aliphatic rings. The molecule has 1 aliphatic heterocycles. The van der Waals surface area contributed by atoms with E-state index < -0.39 is 17.7 Å². The van der Waals surface area contributed by atoms with Gasteiger partial charge in [-0.15, -0.1) is 0 Å². The summed E-state index contributed by atoms with van der Waals surface area (Å²) in [6.45, 7) is 5.90. The Hall–Kier alpha value is -4.72. The minimum absolute atomic E-state index is 0.169. The van der Waals surface area contributed by atoms with Crippen LogP contribution in [0, 0.1) is 0 Å². The number of methoxy groups -OCH3 is 1. The van der Waals surface area contributed by atoms with Crippen LogP contribution in [0.2, 0.25) is 0 Å². The molecule has 43 heavy (non-hydrogen) atoms. The van der Waals surface area contributed by atoms with Gasteiger partial charge in [0, 0.05) is 41.6 Å². The minimum Gasteiger partial charge on any atom is -0.469 e. The third-order valence-electron chi connectivity index (χ3n) is 7.34. The van der Waals surface area contributed by atoms with Crippen molar-refractivity contribution >= 4 is 40.3 Å². The molecule has 222 valence electrons. The number of hydrogen-bond donors (Lipinski definition) is 0. The molecule has 1 atom stereocenters. The quantitative estimate of drug-likeness (QED) is 0.174. The lowest BCUT2D eigenvalue weighted by molar-refractivity contribution is -0.140. The number of fused-ring (bicyclic) bond motifs is 2. The largest absolute Gasteiger partial charge is 0.469 e. The molecule has 0 radical (unpaired) electrons. The van der Waals surface area contributed by atoms with Gasteiger partial charge < -0.3 is 14.4 Å². The molecule has 0 spiro atoms. The van der Waals surface area contributed by atoms with Crippen LogP contribution in [0.4, 0.5) is 10.5 Å². The van der Waals surface area contributed by atoms with Crippen LogP contribution < -0.4 is 4.90 Å². The number of ether oxygens (including phenoxy) is 2. The number of para-hydroxylation sites is 2. The second-order valence-corrected chi connectivity index (χ2v) is 11.6. The molecule has 8 heteroatoms. The highest BCUT2D eigenvalue weighted by Crippen LogP contribution is 2.31. The van der Waals surface area contributed by atoms with Crippen LogP contribution in [0.5, 0.6) is 0 Å². The molecule has 4 aromatic rings. The maximum atomic E-state index is 14.4. The summed E-state index contributed by atoms with van der Waals surface area (Å²) >= 11 is 0. The maximum absolute atomic E-state index is 14.4. The summed E-state index contributed by atoms with van der Waals surface area (Å²) in [6, 6.07) is 26.3. The molecule has 1 aromatic heterocycles. The van der Waals surface area contributed by atoms with E-state index in [0.717, 1.165) is 22.2 Å². The van der Waals surface area contributed by atoms with Gasteiger partial charge in [-0.3, -0.25) is 14.6 Å². The van der Waals surface area contributed by atoms with Crippen LogP contribution in [-0.2, 0) is 25.5 Å². The summed E-state index contributed by atoms with van der Waals surface area (Å²) in [6.07, 6.45) is 1.17. The Balaban J connectivity index is 1.59. The summed E-state index contributed by atoms with van der Waals surface area (Å²) in [5.74, 6) is -0.442. The number of unbranched alkanes of at least 4 members (excludes halogenated alkanes) is 1. The molecule has 0 N–H and O–H groups in total. The molecule has 0 saturated heterocycles. The number of aliphatic imine (C=N–C) groups is 1. The molecule has 2 heterocycles. The van der Waals surface area contributed by atoms with Crippen LogP contribution in [0.1, 0.15) is 56.9 Å². The first kappa shape index (κ1) is 29.8. The monoisotopic (exact) mass is 579 g/mol. The van der Waals surface area contributed by atoms with Gasteiger partial charge in [0.15, 0.2) is 0 Å². The minimum atomic E-state index is -0.811. The van der Waals surface area contributed by atoms with Crippen LogP contribution in [0.15, 0.2) is 89.9 Å². The van der Waals surface area contributed by atoms with Gasteiger partial charge in [-0.25, -0.2) is 9.36 Å². The number of hydrogen-bond acceptors (Lipinski definition) is 6. The first-order valence-electron chi connectivity index (χ1n) is 14.6. The topological polar surface area (TPSA) is 90.2 Å². The Bertz CT molecular complexity index is 1670. The highest BCUT2D eigenvalue weighted by atomic mass is 16.6. The number of nitrogens with zero attached hydrogens (tertiary/aromatic N) is 3. The number of carbonyl (C=O) groups excluding carboxylic acids is 3. The normalized spacial score (nSPS) is 15.1. The van der Waals surface area contributed by atoms with E-state index in [-0.39, 0.29) is 24.7 Å².